The monoisotopic (exact) mass is 291 g/mol. The van der Waals surface area contributed by atoms with E-state index in [4.69, 9.17) is 5.73 Å². The van der Waals surface area contributed by atoms with E-state index in [1.165, 1.54) is 0 Å². The van der Waals surface area contributed by atoms with Crippen LogP contribution in [0.3, 0.4) is 0 Å². The second-order valence-electron chi connectivity index (χ2n) is 5.74. The van der Waals surface area contributed by atoms with Crippen LogP contribution < -0.4 is 11.1 Å². The van der Waals surface area contributed by atoms with Gasteiger partial charge in [-0.3, -0.25) is 9.69 Å². The first-order chi connectivity index (χ1) is 10.1. The molecule has 1 aliphatic heterocycles. The van der Waals surface area contributed by atoms with Gasteiger partial charge < -0.3 is 16.2 Å². The van der Waals surface area contributed by atoms with E-state index in [1.807, 2.05) is 19.1 Å². The van der Waals surface area contributed by atoms with E-state index >= 15 is 0 Å². The molecule has 0 saturated carbocycles. The average Bonchev–Trinajstić information content (AvgIpc) is 2.90. The van der Waals surface area contributed by atoms with E-state index in [-0.39, 0.29) is 18.6 Å². The highest BCUT2D eigenvalue weighted by atomic mass is 16.3. The maximum atomic E-state index is 12.0. The van der Waals surface area contributed by atoms with Crippen LogP contribution in [-0.4, -0.2) is 41.7 Å². The van der Waals surface area contributed by atoms with Crippen LogP contribution in [0.25, 0.3) is 0 Å². The molecule has 1 atom stereocenters. The number of nitrogen functional groups attached to an aromatic ring is 1. The van der Waals surface area contributed by atoms with E-state index in [0.29, 0.717) is 12.1 Å². The lowest BCUT2D eigenvalue weighted by molar-refractivity contribution is -0.116. The number of carbonyl (C=O) groups is 1. The highest BCUT2D eigenvalue weighted by Crippen LogP contribution is 2.19. The number of aliphatic hydroxyl groups excluding tert-OH is 1. The number of anilines is 2. The standard InChI is InChI=1S/C16H25N3O2/c1-12-6-7-13(17)10-15(12)18-16(21)5-3-9-19-8-2-4-14(19)11-20/h6-7,10,14,20H,2-5,8-9,11,17H2,1H3,(H,18,21). The molecule has 1 unspecified atom stereocenters. The van der Waals surface area contributed by atoms with E-state index in [9.17, 15) is 9.90 Å². The third-order valence-electron chi connectivity index (χ3n) is 4.09. The second kappa shape index (κ2) is 7.43. The molecule has 1 aliphatic rings. The number of rotatable bonds is 6. The minimum absolute atomic E-state index is 0.0171. The second-order valence-corrected chi connectivity index (χ2v) is 5.74. The maximum Gasteiger partial charge on any atom is 0.224 e. The fraction of sp³-hybridized carbons (Fsp3) is 0.562. The molecular weight excluding hydrogens is 266 g/mol. The van der Waals surface area contributed by atoms with Gasteiger partial charge >= 0.3 is 0 Å². The molecule has 21 heavy (non-hydrogen) atoms. The Morgan fingerprint density at radius 3 is 3.10 bits per heavy atom. The van der Waals surface area contributed by atoms with E-state index in [1.54, 1.807) is 6.07 Å². The maximum absolute atomic E-state index is 12.0. The number of benzene rings is 1. The summed E-state index contributed by atoms with van der Waals surface area (Å²) < 4.78 is 0. The number of aryl methyl sites for hydroxylation is 1. The summed E-state index contributed by atoms with van der Waals surface area (Å²) in [5.41, 5.74) is 8.18. The third-order valence-corrected chi connectivity index (χ3v) is 4.09. The van der Waals surface area contributed by atoms with Crippen molar-refractivity contribution < 1.29 is 9.90 Å². The molecule has 0 spiro atoms. The number of likely N-dealkylation sites (tertiary alicyclic amines) is 1. The van der Waals surface area contributed by atoms with Crippen molar-refractivity contribution in [3.8, 4) is 0 Å². The minimum Gasteiger partial charge on any atom is -0.399 e. The Bertz CT molecular complexity index is 490. The lowest BCUT2D eigenvalue weighted by atomic mass is 10.1. The summed E-state index contributed by atoms with van der Waals surface area (Å²) in [6.07, 6.45) is 3.50. The fourth-order valence-electron chi connectivity index (χ4n) is 2.83. The lowest BCUT2D eigenvalue weighted by Gasteiger charge is -2.22. The van der Waals surface area contributed by atoms with Crippen LogP contribution in [0.4, 0.5) is 11.4 Å². The van der Waals surface area contributed by atoms with Gasteiger partial charge in [-0.1, -0.05) is 6.07 Å². The molecule has 0 aromatic heterocycles. The third kappa shape index (κ3) is 4.44. The van der Waals surface area contributed by atoms with Gasteiger partial charge in [-0.25, -0.2) is 0 Å². The molecule has 1 aromatic rings. The van der Waals surface area contributed by atoms with Crippen molar-refractivity contribution in [2.24, 2.45) is 0 Å². The molecule has 1 amide bonds. The molecule has 4 N–H and O–H groups in total. The van der Waals surface area contributed by atoms with E-state index < -0.39 is 0 Å². The van der Waals surface area contributed by atoms with Crippen molar-refractivity contribution in [2.45, 2.75) is 38.6 Å². The van der Waals surface area contributed by atoms with Crippen molar-refractivity contribution >= 4 is 17.3 Å². The predicted molar refractivity (Wildman–Crippen MR) is 85.1 cm³/mol. The van der Waals surface area contributed by atoms with Crippen LogP contribution in [0.15, 0.2) is 18.2 Å². The Balaban J connectivity index is 1.76. The summed E-state index contributed by atoms with van der Waals surface area (Å²) in [6.45, 7) is 4.07. The van der Waals surface area contributed by atoms with Gasteiger partial charge in [0.1, 0.15) is 0 Å². The molecule has 1 fully saturated rings. The molecule has 1 saturated heterocycles. The summed E-state index contributed by atoms with van der Waals surface area (Å²) >= 11 is 0. The summed E-state index contributed by atoms with van der Waals surface area (Å²) in [4.78, 5) is 14.3. The normalized spacial score (nSPS) is 18.9. The first kappa shape index (κ1) is 15.8. The van der Waals surface area contributed by atoms with Gasteiger partial charge in [0.25, 0.3) is 0 Å². The number of nitrogens with zero attached hydrogens (tertiary/aromatic N) is 1. The van der Waals surface area contributed by atoms with E-state index in [2.05, 4.69) is 10.2 Å². The summed E-state index contributed by atoms with van der Waals surface area (Å²) in [7, 11) is 0. The molecule has 0 bridgehead atoms. The molecule has 5 heteroatoms. The van der Waals surface area contributed by atoms with Crippen LogP contribution in [0.1, 0.15) is 31.2 Å². The van der Waals surface area contributed by atoms with Gasteiger partial charge in [0.2, 0.25) is 5.91 Å². The van der Waals surface area contributed by atoms with Gasteiger partial charge in [0.05, 0.1) is 6.61 Å². The molecule has 5 nitrogen and oxygen atoms in total. The number of nitrogens with two attached hydrogens (primary N) is 1. The molecule has 116 valence electrons. The zero-order valence-electron chi connectivity index (χ0n) is 12.6. The van der Waals surface area contributed by atoms with Crippen LogP contribution in [0.5, 0.6) is 0 Å². The number of aliphatic hydroxyl groups is 1. The first-order valence-corrected chi connectivity index (χ1v) is 7.61. The summed E-state index contributed by atoms with van der Waals surface area (Å²) in [5.74, 6) is 0.0171. The quantitative estimate of drug-likeness (QED) is 0.698. The highest BCUT2D eigenvalue weighted by molar-refractivity contribution is 5.91. The SMILES string of the molecule is Cc1ccc(N)cc1NC(=O)CCCN1CCCC1CO. The van der Waals surface area contributed by atoms with Gasteiger partial charge in [0.15, 0.2) is 0 Å². The van der Waals surface area contributed by atoms with Crippen LogP contribution in [0, 0.1) is 6.92 Å². The first-order valence-electron chi connectivity index (χ1n) is 7.61. The van der Waals surface area contributed by atoms with Gasteiger partial charge in [0, 0.05) is 23.8 Å². The van der Waals surface area contributed by atoms with Crippen molar-refractivity contribution in [1.29, 1.82) is 0 Å². The Hall–Kier alpha value is -1.59. The lowest BCUT2D eigenvalue weighted by Crippen LogP contribution is -2.33. The zero-order chi connectivity index (χ0) is 15.2. The Kier molecular flexibility index (Phi) is 5.59. The Morgan fingerprint density at radius 1 is 1.52 bits per heavy atom. The van der Waals surface area contributed by atoms with Crippen LogP contribution in [-0.2, 0) is 4.79 Å². The molecule has 0 radical (unpaired) electrons. The topological polar surface area (TPSA) is 78.6 Å². The largest absolute Gasteiger partial charge is 0.399 e. The fourth-order valence-corrected chi connectivity index (χ4v) is 2.83. The summed E-state index contributed by atoms with van der Waals surface area (Å²) in [6, 6.07) is 5.80. The van der Waals surface area contributed by atoms with Gasteiger partial charge in [-0.15, -0.1) is 0 Å². The average molecular weight is 291 g/mol. The number of hydrogen-bond donors (Lipinski definition) is 3. The number of nitrogens with one attached hydrogen (secondary N) is 1. The molecule has 0 aliphatic carbocycles. The zero-order valence-corrected chi connectivity index (χ0v) is 12.6. The van der Waals surface area contributed by atoms with Gasteiger partial charge in [-0.05, 0) is 57.0 Å². The Morgan fingerprint density at radius 2 is 2.33 bits per heavy atom. The number of carbonyl (C=O) groups excluding carboxylic acids is 1. The van der Waals surface area contributed by atoms with Crippen molar-refractivity contribution in [2.75, 3.05) is 30.7 Å². The van der Waals surface area contributed by atoms with Crippen LogP contribution >= 0.6 is 0 Å². The summed E-state index contributed by atoms with van der Waals surface area (Å²) in [5, 5.41) is 12.2. The molecule has 1 heterocycles. The minimum atomic E-state index is 0.0171. The smallest absolute Gasteiger partial charge is 0.224 e. The number of hydrogen-bond acceptors (Lipinski definition) is 4. The predicted octanol–water partition coefficient (Wildman–Crippen LogP) is 1.75. The van der Waals surface area contributed by atoms with Gasteiger partial charge in [-0.2, -0.15) is 0 Å². The van der Waals surface area contributed by atoms with Crippen molar-refractivity contribution in [1.82, 2.24) is 4.90 Å². The van der Waals surface area contributed by atoms with Crippen LogP contribution in [0.2, 0.25) is 0 Å². The highest BCUT2D eigenvalue weighted by Gasteiger charge is 2.22. The molecular formula is C16H25N3O2. The molecule has 1 aromatic carbocycles. The van der Waals surface area contributed by atoms with Crippen molar-refractivity contribution in [3.05, 3.63) is 23.8 Å². The van der Waals surface area contributed by atoms with Crippen molar-refractivity contribution in [3.63, 3.8) is 0 Å². The molecule has 2 rings (SSSR count). The van der Waals surface area contributed by atoms with E-state index in [0.717, 1.165) is 43.6 Å². The Labute approximate surface area is 126 Å². The number of amides is 1.